The molecular formula is C19H15NO6S2. The molecule has 1 aliphatic rings. The molecule has 144 valence electrons. The number of rotatable bonds is 6. The van der Waals surface area contributed by atoms with Crippen molar-refractivity contribution in [1.29, 1.82) is 0 Å². The average molecular weight is 417 g/mol. The van der Waals surface area contributed by atoms with E-state index in [0.717, 1.165) is 12.5 Å². The summed E-state index contributed by atoms with van der Waals surface area (Å²) in [4.78, 5) is 36.9. The summed E-state index contributed by atoms with van der Waals surface area (Å²) in [6, 6.07) is 6.95. The van der Waals surface area contributed by atoms with Gasteiger partial charge in [-0.2, -0.15) is 0 Å². The zero-order valence-corrected chi connectivity index (χ0v) is 16.3. The fraction of sp³-hybridized carbons (Fsp3) is 0.158. The molecule has 1 aromatic heterocycles. The smallest absolute Gasteiger partial charge is 0.335 e. The van der Waals surface area contributed by atoms with Gasteiger partial charge >= 0.3 is 11.9 Å². The lowest BCUT2D eigenvalue weighted by atomic mass is 10.0. The second kappa shape index (κ2) is 7.99. The Morgan fingerprint density at radius 3 is 2.39 bits per heavy atom. The van der Waals surface area contributed by atoms with Crippen molar-refractivity contribution < 1.29 is 29.0 Å². The Labute approximate surface area is 169 Å². The molecule has 2 heterocycles. The molecule has 2 aromatic rings. The van der Waals surface area contributed by atoms with Gasteiger partial charge in [0.2, 0.25) is 0 Å². The second-order valence-corrected chi connectivity index (χ2v) is 7.62. The van der Waals surface area contributed by atoms with Crippen LogP contribution in [-0.2, 0) is 4.79 Å². The van der Waals surface area contributed by atoms with E-state index in [4.69, 9.17) is 16.6 Å². The van der Waals surface area contributed by atoms with Gasteiger partial charge in [0.25, 0.3) is 5.91 Å². The molecule has 3 rings (SSSR count). The van der Waals surface area contributed by atoms with Gasteiger partial charge in [-0.05, 0) is 36.8 Å². The van der Waals surface area contributed by atoms with E-state index in [1.54, 1.807) is 18.2 Å². The predicted octanol–water partition coefficient (Wildman–Crippen LogP) is 3.95. The first kappa shape index (κ1) is 19.8. The summed E-state index contributed by atoms with van der Waals surface area (Å²) >= 11 is 6.41. The molecule has 1 fully saturated rings. The Kier molecular flexibility index (Phi) is 5.66. The topological polar surface area (TPSA) is 108 Å². The van der Waals surface area contributed by atoms with Gasteiger partial charge in [-0.3, -0.25) is 9.69 Å². The van der Waals surface area contributed by atoms with Crippen LogP contribution in [0.25, 0.3) is 17.4 Å². The van der Waals surface area contributed by atoms with Gasteiger partial charge in [-0.25, -0.2) is 9.59 Å². The number of thiocarbonyl (C=S) groups is 1. The number of carbonyl (C=O) groups is 3. The van der Waals surface area contributed by atoms with Gasteiger partial charge in [0.15, 0.2) is 0 Å². The predicted molar refractivity (Wildman–Crippen MR) is 108 cm³/mol. The monoisotopic (exact) mass is 417 g/mol. The third-order valence-corrected chi connectivity index (χ3v) is 5.31. The fourth-order valence-corrected chi connectivity index (χ4v) is 3.94. The molecule has 0 unspecified atom stereocenters. The van der Waals surface area contributed by atoms with Crippen LogP contribution in [0, 0.1) is 0 Å². The summed E-state index contributed by atoms with van der Waals surface area (Å²) in [6.07, 6.45) is 2.36. The highest BCUT2D eigenvalue weighted by Crippen LogP contribution is 2.34. The third-order valence-electron chi connectivity index (χ3n) is 3.93. The number of amides is 1. The maximum Gasteiger partial charge on any atom is 0.335 e. The van der Waals surface area contributed by atoms with Crippen LogP contribution in [0.1, 0.15) is 39.8 Å². The molecule has 1 saturated heterocycles. The van der Waals surface area contributed by atoms with E-state index in [1.807, 2.05) is 6.92 Å². The van der Waals surface area contributed by atoms with E-state index in [-0.39, 0.29) is 17.0 Å². The van der Waals surface area contributed by atoms with Crippen molar-refractivity contribution in [2.75, 3.05) is 6.54 Å². The molecule has 28 heavy (non-hydrogen) atoms. The normalized spacial score (nSPS) is 15.5. The third kappa shape index (κ3) is 4.00. The lowest BCUT2D eigenvalue weighted by Crippen LogP contribution is -2.28. The number of hydrogen-bond acceptors (Lipinski definition) is 6. The van der Waals surface area contributed by atoms with Gasteiger partial charge in [0, 0.05) is 18.2 Å². The van der Waals surface area contributed by atoms with Gasteiger partial charge in [-0.15, -0.1) is 0 Å². The summed E-state index contributed by atoms with van der Waals surface area (Å²) in [6.45, 7) is 2.50. The molecule has 0 spiro atoms. The molecule has 9 heteroatoms. The number of nitrogens with zero attached hydrogens (tertiary/aromatic N) is 1. The lowest BCUT2D eigenvalue weighted by Gasteiger charge is -2.11. The summed E-state index contributed by atoms with van der Waals surface area (Å²) in [5, 5.41) is 18.4. The van der Waals surface area contributed by atoms with Gasteiger partial charge in [0.1, 0.15) is 15.8 Å². The molecule has 0 radical (unpaired) electrons. The van der Waals surface area contributed by atoms with Crippen molar-refractivity contribution in [2.24, 2.45) is 0 Å². The fourth-order valence-electron chi connectivity index (χ4n) is 2.65. The number of aromatic carboxylic acids is 2. The number of hydrogen-bond donors (Lipinski definition) is 2. The highest BCUT2D eigenvalue weighted by atomic mass is 32.2. The van der Waals surface area contributed by atoms with Crippen molar-refractivity contribution in [3.05, 3.63) is 52.1 Å². The van der Waals surface area contributed by atoms with Crippen LogP contribution in [0.3, 0.4) is 0 Å². The molecule has 0 bridgehead atoms. The number of benzene rings is 1. The minimum atomic E-state index is -1.24. The first-order chi connectivity index (χ1) is 13.3. The Balaban J connectivity index is 1.93. The highest BCUT2D eigenvalue weighted by molar-refractivity contribution is 8.26. The lowest BCUT2D eigenvalue weighted by molar-refractivity contribution is -0.122. The van der Waals surface area contributed by atoms with Crippen molar-refractivity contribution in [3.63, 3.8) is 0 Å². The van der Waals surface area contributed by atoms with Crippen molar-refractivity contribution in [1.82, 2.24) is 4.90 Å². The molecule has 0 saturated carbocycles. The van der Waals surface area contributed by atoms with Crippen LogP contribution in [0.2, 0.25) is 0 Å². The zero-order valence-electron chi connectivity index (χ0n) is 14.7. The van der Waals surface area contributed by atoms with E-state index in [2.05, 4.69) is 0 Å². The number of carboxylic acids is 2. The number of furan rings is 1. The standard InChI is InChI=1S/C19H15NO6S2/c1-2-5-20-16(21)15(28-19(20)27)9-13-3-4-14(26-13)10-6-11(17(22)23)8-12(7-10)18(24)25/h3-4,6-9H,2,5H2,1H3,(H,22,23)(H,24,25)/b15-9-. The van der Waals surface area contributed by atoms with E-state index < -0.39 is 11.9 Å². The molecule has 1 aromatic carbocycles. The van der Waals surface area contributed by atoms with Crippen LogP contribution >= 0.6 is 24.0 Å². The van der Waals surface area contributed by atoms with E-state index in [0.29, 0.717) is 32.9 Å². The van der Waals surface area contributed by atoms with Crippen LogP contribution in [0.4, 0.5) is 0 Å². The first-order valence-electron chi connectivity index (χ1n) is 8.27. The van der Waals surface area contributed by atoms with Gasteiger partial charge < -0.3 is 14.6 Å². The SMILES string of the molecule is CCCN1C(=O)/C(=C/c2ccc(-c3cc(C(=O)O)cc(C(=O)O)c3)o2)SC1=S. The molecule has 7 nitrogen and oxygen atoms in total. The number of thioether (sulfide) groups is 1. The Bertz CT molecular complexity index is 991. The molecular weight excluding hydrogens is 402 g/mol. The second-order valence-electron chi connectivity index (χ2n) is 5.94. The number of carbonyl (C=O) groups excluding carboxylic acids is 1. The summed E-state index contributed by atoms with van der Waals surface area (Å²) in [7, 11) is 0. The molecule has 2 N–H and O–H groups in total. The molecule has 1 amide bonds. The van der Waals surface area contributed by atoms with E-state index in [1.165, 1.54) is 28.8 Å². The van der Waals surface area contributed by atoms with Crippen molar-refractivity contribution >= 4 is 52.2 Å². The summed E-state index contributed by atoms with van der Waals surface area (Å²) in [5.74, 6) is -1.99. The highest BCUT2D eigenvalue weighted by Gasteiger charge is 2.31. The largest absolute Gasteiger partial charge is 0.478 e. The maximum absolute atomic E-state index is 12.4. The summed E-state index contributed by atoms with van der Waals surface area (Å²) < 4.78 is 6.18. The molecule has 0 aliphatic carbocycles. The minimum absolute atomic E-state index is 0.159. The van der Waals surface area contributed by atoms with Crippen LogP contribution in [0.5, 0.6) is 0 Å². The molecule has 0 atom stereocenters. The molecule has 1 aliphatic heterocycles. The average Bonchev–Trinajstić information content (AvgIpc) is 3.22. The van der Waals surface area contributed by atoms with Gasteiger partial charge in [0.05, 0.1) is 16.0 Å². The summed E-state index contributed by atoms with van der Waals surface area (Å²) in [5.41, 5.74) is -0.00273. The Morgan fingerprint density at radius 2 is 1.82 bits per heavy atom. The van der Waals surface area contributed by atoms with Gasteiger partial charge in [-0.1, -0.05) is 30.9 Å². The number of carboxylic acid groups (broad SMARTS) is 2. The van der Waals surface area contributed by atoms with E-state index >= 15 is 0 Å². The van der Waals surface area contributed by atoms with Crippen molar-refractivity contribution in [3.8, 4) is 11.3 Å². The van der Waals surface area contributed by atoms with E-state index in [9.17, 15) is 24.6 Å². The van der Waals surface area contributed by atoms with Crippen LogP contribution in [-0.4, -0.2) is 43.8 Å². The van der Waals surface area contributed by atoms with Crippen LogP contribution in [0.15, 0.2) is 39.7 Å². The van der Waals surface area contributed by atoms with Crippen LogP contribution < -0.4 is 0 Å². The van der Waals surface area contributed by atoms with Crippen molar-refractivity contribution in [2.45, 2.75) is 13.3 Å². The zero-order chi connectivity index (χ0) is 20.4. The first-order valence-corrected chi connectivity index (χ1v) is 9.50. The Morgan fingerprint density at radius 1 is 1.18 bits per heavy atom. The minimum Gasteiger partial charge on any atom is -0.478 e. The Hall–Kier alpha value is -2.91. The quantitative estimate of drug-likeness (QED) is 0.537. The maximum atomic E-state index is 12.4.